The third kappa shape index (κ3) is 1.08. The van der Waals surface area contributed by atoms with E-state index in [1.807, 2.05) is 0 Å². The van der Waals surface area contributed by atoms with Gasteiger partial charge in [-0.25, -0.2) is 0 Å². The second kappa shape index (κ2) is 2.43. The van der Waals surface area contributed by atoms with Crippen LogP contribution in [0.15, 0.2) is 0 Å². The molecule has 5 atom stereocenters. The molecule has 0 unspecified atom stereocenters. The van der Waals surface area contributed by atoms with E-state index in [1.54, 1.807) is 0 Å². The van der Waals surface area contributed by atoms with E-state index in [-0.39, 0.29) is 36.7 Å². The second-order valence-electron chi connectivity index (χ2n) is 3.52. The van der Waals surface area contributed by atoms with Crippen LogP contribution in [-0.4, -0.2) is 43.3 Å². The Balaban J connectivity index is 1.76. The van der Waals surface area contributed by atoms with Crippen LogP contribution in [0.2, 0.25) is 0 Å². The maximum absolute atomic E-state index is 10.8. The Kier molecular flexibility index (Phi) is 1.45. The van der Waals surface area contributed by atoms with E-state index in [0.29, 0.717) is 6.61 Å². The van der Waals surface area contributed by atoms with Crippen LogP contribution in [0.4, 0.5) is 0 Å². The van der Waals surface area contributed by atoms with E-state index in [9.17, 15) is 4.79 Å². The summed E-state index contributed by atoms with van der Waals surface area (Å²) in [7, 11) is 0. The van der Waals surface area contributed by atoms with Gasteiger partial charge in [-0.15, -0.1) is 0 Å². The summed E-state index contributed by atoms with van der Waals surface area (Å²) < 4.78 is 21.1. The number of carbonyl (C=O) groups excluding carboxylic acids is 1. The van der Waals surface area contributed by atoms with Crippen LogP contribution in [0.25, 0.3) is 0 Å². The summed E-state index contributed by atoms with van der Waals surface area (Å²) in [5.41, 5.74) is 0. The summed E-state index contributed by atoms with van der Waals surface area (Å²) in [6, 6.07) is 0. The van der Waals surface area contributed by atoms with Crippen LogP contribution in [0.5, 0.6) is 0 Å². The van der Waals surface area contributed by atoms with Crippen LogP contribution in [-0.2, 0) is 23.7 Å². The summed E-state index contributed by atoms with van der Waals surface area (Å²) in [5, 5.41) is 0. The first kappa shape index (κ1) is 7.73. The summed E-state index contributed by atoms with van der Waals surface area (Å²) in [4.78, 5) is 10.8. The van der Waals surface area contributed by atoms with Crippen LogP contribution in [0, 0.1) is 0 Å². The van der Waals surface area contributed by atoms with Gasteiger partial charge < -0.3 is 18.9 Å². The van der Waals surface area contributed by atoms with Crippen molar-refractivity contribution in [1.29, 1.82) is 0 Å². The van der Waals surface area contributed by atoms with E-state index in [1.165, 1.54) is 6.92 Å². The van der Waals surface area contributed by atoms with Crippen LogP contribution in [0.1, 0.15) is 6.92 Å². The summed E-state index contributed by atoms with van der Waals surface area (Å²) in [6.07, 6.45) is -0.682. The molecule has 0 aromatic rings. The topological polar surface area (TPSA) is 57.3 Å². The van der Waals surface area contributed by atoms with Crippen LogP contribution >= 0.6 is 0 Å². The van der Waals surface area contributed by atoms with E-state index in [0.717, 1.165) is 0 Å². The van der Waals surface area contributed by atoms with E-state index >= 15 is 0 Å². The van der Waals surface area contributed by atoms with Gasteiger partial charge in [0.15, 0.2) is 12.4 Å². The molecular weight excluding hydrogens is 176 g/mol. The lowest BCUT2D eigenvalue weighted by Gasteiger charge is -2.23. The van der Waals surface area contributed by atoms with Gasteiger partial charge in [-0.05, 0) is 0 Å². The fourth-order valence-corrected chi connectivity index (χ4v) is 1.95. The minimum Gasteiger partial charge on any atom is -0.457 e. The Hall–Kier alpha value is -0.650. The molecule has 13 heavy (non-hydrogen) atoms. The lowest BCUT2D eigenvalue weighted by Crippen LogP contribution is -2.42. The number of rotatable bonds is 1. The SMILES string of the molecule is CC(=O)O[C@@H]1[C@H]2O[C@H]2[C@@H]2OC[C@H]1O2. The Morgan fingerprint density at radius 1 is 1.38 bits per heavy atom. The highest BCUT2D eigenvalue weighted by Crippen LogP contribution is 2.42. The van der Waals surface area contributed by atoms with E-state index in [4.69, 9.17) is 18.9 Å². The Labute approximate surface area is 74.9 Å². The molecule has 3 heterocycles. The van der Waals surface area contributed by atoms with Gasteiger partial charge in [-0.1, -0.05) is 0 Å². The molecule has 3 rings (SSSR count). The van der Waals surface area contributed by atoms with Crippen molar-refractivity contribution in [3.8, 4) is 0 Å². The van der Waals surface area contributed by atoms with E-state index in [2.05, 4.69) is 0 Å². The first-order chi connectivity index (χ1) is 6.25. The molecule has 0 aromatic carbocycles. The average molecular weight is 186 g/mol. The standard InChI is InChI=1S/C8H10O5/c1-3(9)11-5-4-2-10-8(12-4)7-6(5)13-7/h4-8H,2H2,1H3/t4-,5+,6-,7-,8-/m1/s1. The maximum Gasteiger partial charge on any atom is 0.303 e. The Morgan fingerprint density at radius 2 is 2.23 bits per heavy atom. The fraction of sp³-hybridized carbons (Fsp3) is 0.875. The Bertz CT molecular complexity index is 253. The molecule has 2 bridgehead atoms. The quantitative estimate of drug-likeness (QED) is 0.406. The lowest BCUT2D eigenvalue weighted by atomic mass is 10.1. The zero-order valence-corrected chi connectivity index (χ0v) is 7.14. The third-order valence-corrected chi connectivity index (χ3v) is 2.56. The molecule has 0 N–H and O–H groups in total. The van der Waals surface area contributed by atoms with Gasteiger partial charge in [0.2, 0.25) is 0 Å². The smallest absolute Gasteiger partial charge is 0.303 e. The van der Waals surface area contributed by atoms with Crippen molar-refractivity contribution in [3.05, 3.63) is 0 Å². The number of ether oxygens (including phenoxy) is 4. The van der Waals surface area contributed by atoms with Crippen molar-refractivity contribution in [3.63, 3.8) is 0 Å². The number of hydrogen-bond acceptors (Lipinski definition) is 5. The maximum atomic E-state index is 10.8. The predicted octanol–water partition coefficient (Wildman–Crippen LogP) is -0.559. The largest absolute Gasteiger partial charge is 0.457 e. The molecule has 0 aromatic heterocycles. The predicted molar refractivity (Wildman–Crippen MR) is 38.8 cm³/mol. The molecule has 3 fully saturated rings. The number of esters is 1. The van der Waals surface area contributed by atoms with Crippen molar-refractivity contribution in [1.82, 2.24) is 0 Å². The zero-order chi connectivity index (χ0) is 9.00. The Morgan fingerprint density at radius 3 is 3.00 bits per heavy atom. The minimum atomic E-state index is -0.298. The molecule has 3 saturated heterocycles. The van der Waals surface area contributed by atoms with Gasteiger partial charge in [-0.3, -0.25) is 4.79 Å². The van der Waals surface area contributed by atoms with Gasteiger partial charge in [0.1, 0.15) is 18.3 Å². The summed E-state index contributed by atoms with van der Waals surface area (Å²) in [6.45, 7) is 1.89. The second-order valence-corrected chi connectivity index (χ2v) is 3.52. The molecule has 0 saturated carbocycles. The molecular formula is C8H10O5. The molecule has 3 aliphatic heterocycles. The van der Waals surface area contributed by atoms with E-state index < -0.39 is 0 Å². The highest BCUT2D eigenvalue weighted by molar-refractivity contribution is 5.66. The van der Waals surface area contributed by atoms with Crippen molar-refractivity contribution < 1.29 is 23.7 Å². The highest BCUT2D eigenvalue weighted by atomic mass is 16.8. The first-order valence-corrected chi connectivity index (χ1v) is 4.35. The lowest BCUT2D eigenvalue weighted by molar-refractivity contribution is -0.160. The summed E-state index contributed by atoms with van der Waals surface area (Å²) >= 11 is 0. The fourth-order valence-electron chi connectivity index (χ4n) is 1.95. The van der Waals surface area contributed by atoms with Crippen molar-refractivity contribution in [2.45, 2.75) is 37.6 Å². The monoisotopic (exact) mass is 186 g/mol. The van der Waals surface area contributed by atoms with Crippen molar-refractivity contribution in [2.75, 3.05) is 6.61 Å². The normalized spacial score (nSPS) is 51.3. The molecule has 0 aliphatic carbocycles. The molecule has 5 heteroatoms. The number of fused-ring (bicyclic) bond motifs is 4. The number of carbonyl (C=O) groups is 1. The van der Waals surface area contributed by atoms with Gasteiger partial charge >= 0.3 is 5.97 Å². The van der Waals surface area contributed by atoms with Gasteiger partial charge in [0.25, 0.3) is 0 Å². The molecule has 5 nitrogen and oxygen atoms in total. The molecule has 0 spiro atoms. The third-order valence-electron chi connectivity index (χ3n) is 2.56. The van der Waals surface area contributed by atoms with Crippen LogP contribution in [0.3, 0.4) is 0 Å². The first-order valence-electron chi connectivity index (χ1n) is 4.35. The van der Waals surface area contributed by atoms with Gasteiger partial charge in [0, 0.05) is 6.92 Å². The average Bonchev–Trinajstić information content (AvgIpc) is 2.74. The molecule has 72 valence electrons. The zero-order valence-electron chi connectivity index (χ0n) is 7.14. The van der Waals surface area contributed by atoms with Crippen molar-refractivity contribution >= 4 is 5.97 Å². The molecule has 0 amide bonds. The molecule has 0 radical (unpaired) electrons. The van der Waals surface area contributed by atoms with Crippen molar-refractivity contribution in [2.24, 2.45) is 0 Å². The minimum absolute atomic E-state index is 0.00449. The number of epoxide rings is 1. The molecule has 3 aliphatic rings. The van der Waals surface area contributed by atoms with Gasteiger partial charge in [0.05, 0.1) is 6.61 Å². The van der Waals surface area contributed by atoms with Crippen LogP contribution < -0.4 is 0 Å². The summed E-state index contributed by atoms with van der Waals surface area (Å²) in [5.74, 6) is -0.298. The highest BCUT2D eigenvalue weighted by Gasteiger charge is 2.63. The number of hydrogen-bond donors (Lipinski definition) is 0. The van der Waals surface area contributed by atoms with Gasteiger partial charge in [-0.2, -0.15) is 0 Å².